The Morgan fingerprint density at radius 3 is 2.44 bits per heavy atom. The van der Waals surface area contributed by atoms with Crippen LogP contribution < -0.4 is 5.32 Å². The quantitative estimate of drug-likeness (QED) is 0.414. The molecule has 0 amide bonds. The smallest absolute Gasteiger partial charge is 0.146 e. The molecule has 0 fully saturated rings. The molecule has 0 saturated heterocycles. The molecule has 2 aliphatic rings. The molecule has 34 heavy (non-hydrogen) atoms. The second-order valence-corrected chi connectivity index (χ2v) is 9.51. The zero-order valence-corrected chi connectivity index (χ0v) is 23.2. The van der Waals surface area contributed by atoms with Gasteiger partial charge in [0.05, 0.1) is 5.69 Å². The molecule has 1 atom stereocenters. The summed E-state index contributed by atoms with van der Waals surface area (Å²) in [5, 5.41) is 3.25. The van der Waals surface area contributed by atoms with E-state index in [4.69, 9.17) is 0 Å². The molecule has 1 heterocycles. The summed E-state index contributed by atoms with van der Waals surface area (Å²) in [6.45, 7) is 17.9. The van der Waals surface area contributed by atoms with E-state index >= 15 is 0 Å². The Labute approximate surface area is 213 Å². The molecule has 0 aromatic heterocycles. The molecule has 1 unspecified atom stereocenters. The van der Waals surface area contributed by atoms with Crippen LogP contribution in [0, 0.1) is 11.7 Å². The first-order chi connectivity index (χ1) is 16.5. The van der Waals surface area contributed by atoms with Gasteiger partial charge in [-0.25, -0.2) is 4.39 Å². The predicted molar refractivity (Wildman–Crippen MR) is 154 cm³/mol. The zero-order valence-electron chi connectivity index (χ0n) is 22.3. The summed E-state index contributed by atoms with van der Waals surface area (Å²) >= 11 is 1.92. The first-order valence-corrected chi connectivity index (χ1v) is 14.1. The molecule has 1 aliphatic carbocycles. The summed E-state index contributed by atoms with van der Waals surface area (Å²) in [5.41, 5.74) is 5.82. The van der Waals surface area contributed by atoms with Gasteiger partial charge in [-0.3, -0.25) is 0 Å². The number of benzene rings is 1. The average molecular weight is 484 g/mol. The summed E-state index contributed by atoms with van der Waals surface area (Å²) in [4.78, 5) is 1.42. The molecular formula is C31H46FNS. The van der Waals surface area contributed by atoms with Gasteiger partial charge in [0.25, 0.3) is 0 Å². The molecule has 0 spiro atoms. The van der Waals surface area contributed by atoms with E-state index in [0.29, 0.717) is 18.2 Å². The Balaban J connectivity index is 0.000000872. The Morgan fingerprint density at radius 2 is 1.79 bits per heavy atom. The van der Waals surface area contributed by atoms with Gasteiger partial charge in [-0.1, -0.05) is 104 Å². The van der Waals surface area contributed by atoms with E-state index in [2.05, 4.69) is 63.9 Å². The number of nitrogens with one attached hydrogen (secondary N) is 1. The number of hydrogen-bond acceptors (Lipinski definition) is 2. The van der Waals surface area contributed by atoms with Crippen LogP contribution in [0.1, 0.15) is 80.1 Å². The van der Waals surface area contributed by atoms with Crippen LogP contribution in [0.2, 0.25) is 0 Å². The largest absolute Gasteiger partial charge is 0.379 e. The van der Waals surface area contributed by atoms with Crippen LogP contribution in [-0.4, -0.2) is 12.3 Å². The molecule has 0 saturated carbocycles. The summed E-state index contributed by atoms with van der Waals surface area (Å²) in [6, 6.07) is 6.84. The third-order valence-electron chi connectivity index (χ3n) is 5.85. The number of anilines is 1. The third kappa shape index (κ3) is 9.70. The number of allylic oxidation sites excluding steroid dienone is 7. The van der Waals surface area contributed by atoms with Crippen molar-refractivity contribution in [1.29, 1.82) is 0 Å². The van der Waals surface area contributed by atoms with Gasteiger partial charge >= 0.3 is 0 Å². The Kier molecular flexibility index (Phi) is 15.4. The highest BCUT2D eigenvalue weighted by Crippen LogP contribution is 2.42. The minimum absolute atomic E-state index is 0.210. The minimum Gasteiger partial charge on any atom is -0.379 e. The van der Waals surface area contributed by atoms with E-state index in [1.54, 1.807) is 12.1 Å². The minimum atomic E-state index is -0.210. The molecule has 3 heteroatoms. The van der Waals surface area contributed by atoms with Crippen LogP contribution >= 0.6 is 11.8 Å². The number of halogens is 1. The lowest BCUT2D eigenvalue weighted by atomic mass is 9.86. The normalized spacial score (nSPS) is 18.7. The van der Waals surface area contributed by atoms with E-state index in [1.807, 2.05) is 31.7 Å². The Morgan fingerprint density at radius 1 is 1.09 bits per heavy atom. The van der Waals surface area contributed by atoms with Gasteiger partial charge in [-0.2, -0.15) is 0 Å². The lowest BCUT2D eigenvalue weighted by Crippen LogP contribution is -2.10. The molecule has 1 aromatic rings. The lowest BCUT2D eigenvalue weighted by molar-refractivity contribution is 0.604. The van der Waals surface area contributed by atoms with E-state index in [-0.39, 0.29) is 5.82 Å². The number of unbranched alkanes of at least 4 members (excludes halogenated alkanes) is 1. The van der Waals surface area contributed by atoms with Crippen molar-refractivity contribution in [3.05, 3.63) is 88.2 Å². The fraction of sp³-hybridized carbons (Fsp3) is 0.484. The fourth-order valence-electron chi connectivity index (χ4n) is 3.78. The molecule has 188 valence electrons. The van der Waals surface area contributed by atoms with Gasteiger partial charge in [0.1, 0.15) is 5.82 Å². The lowest BCUT2D eigenvalue weighted by Gasteiger charge is -2.26. The van der Waals surface area contributed by atoms with Gasteiger partial charge in [0, 0.05) is 17.2 Å². The highest BCUT2D eigenvalue weighted by Gasteiger charge is 2.22. The van der Waals surface area contributed by atoms with Gasteiger partial charge in [0.15, 0.2) is 0 Å². The number of thioether (sulfide) groups is 1. The molecule has 1 aromatic carbocycles. The summed E-state index contributed by atoms with van der Waals surface area (Å²) in [5.74, 6) is 1.26. The van der Waals surface area contributed by atoms with E-state index < -0.39 is 0 Å². The van der Waals surface area contributed by atoms with Crippen LogP contribution in [-0.2, 0) is 0 Å². The van der Waals surface area contributed by atoms with Crippen molar-refractivity contribution >= 4 is 17.4 Å². The topological polar surface area (TPSA) is 12.0 Å². The molecule has 0 radical (unpaired) electrons. The average Bonchev–Trinajstić information content (AvgIpc) is 2.94. The van der Waals surface area contributed by atoms with Crippen molar-refractivity contribution in [2.75, 3.05) is 17.6 Å². The van der Waals surface area contributed by atoms with E-state index in [9.17, 15) is 4.39 Å². The highest BCUT2D eigenvalue weighted by atomic mass is 32.2. The van der Waals surface area contributed by atoms with Crippen LogP contribution in [0.4, 0.5) is 10.1 Å². The van der Waals surface area contributed by atoms with Crippen molar-refractivity contribution in [3.8, 4) is 0 Å². The summed E-state index contributed by atoms with van der Waals surface area (Å²) in [6.07, 6.45) is 16.0. The molecule has 0 bridgehead atoms. The van der Waals surface area contributed by atoms with Crippen molar-refractivity contribution in [2.24, 2.45) is 5.92 Å². The summed E-state index contributed by atoms with van der Waals surface area (Å²) < 4.78 is 13.9. The van der Waals surface area contributed by atoms with Gasteiger partial charge < -0.3 is 5.32 Å². The van der Waals surface area contributed by atoms with Crippen LogP contribution in [0.3, 0.4) is 0 Å². The standard InChI is InChI=1S/C25H30FNS.C4H10.C2H6/c1-4-9-18(2)21-12-8-13-22-19(3)10-7-11-20(17-28-25(21)22)16-27-24-15-6-5-14-23(24)26;1-3-4-2;1-2/h5-7,10-12,14-15,18,27H,3-4,8-9,13,16-17H2,1-2H3;3-4H2,1-2H3;1-2H3/b10-7-,20-11-;;. The first kappa shape index (κ1) is 30.0. The molecule has 1 aliphatic heterocycles. The number of para-hydroxylation sites is 1. The zero-order chi connectivity index (χ0) is 25.3. The monoisotopic (exact) mass is 483 g/mol. The van der Waals surface area contributed by atoms with Crippen LogP contribution in [0.15, 0.2) is 82.3 Å². The van der Waals surface area contributed by atoms with Crippen molar-refractivity contribution in [1.82, 2.24) is 0 Å². The van der Waals surface area contributed by atoms with E-state index in [0.717, 1.165) is 24.2 Å². The predicted octanol–water partition coefficient (Wildman–Crippen LogP) is 10.3. The van der Waals surface area contributed by atoms with Gasteiger partial charge in [0.2, 0.25) is 0 Å². The van der Waals surface area contributed by atoms with E-state index in [1.165, 1.54) is 53.4 Å². The number of hydrogen-bond donors (Lipinski definition) is 1. The molecular weight excluding hydrogens is 437 g/mol. The SMILES string of the molecule is C=C1/C=C\C=C(\CNc2ccccc2F)CSC2=C1CCC=C2C(C)CCC.CC.CCCC. The van der Waals surface area contributed by atoms with Crippen molar-refractivity contribution in [3.63, 3.8) is 0 Å². The van der Waals surface area contributed by atoms with Gasteiger partial charge in [-0.05, 0) is 59.6 Å². The number of rotatable bonds is 7. The van der Waals surface area contributed by atoms with Gasteiger partial charge in [-0.15, -0.1) is 11.8 Å². The second-order valence-electron chi connectivity index (χ2n) is 8.53. The van der Waals surface area contributed by atoms with Crippen LogP contribution in [0.25, 0.3) is 0 Å². The summed E-state index contributed by atoms with van der Waals surface area (Å²) in [7, 11) is 0. The molecule has 3 rings (SSSR count). The molecule has 1 N–H and O–H groups in total. The van der Waals surface area contributed by atoms with Crippen LogP contribution in [0.5, 0.6) is 0 Å². The fourth-order valence-corrected chi connectivity index (χ4v) is 5.17. The Bertz CT molecular complexity index is 873. The maximum Gasteiger partial charge on any atom is 0.146 e. The third-order valence-corrected chi connectivity index (χ3v) is 7.13. The first-order valence-electron chi connectivity index (χ1n) is 13.1. The van der Waals surface area contributed by atoms with Crippen molar-refractivity contribution < 1.29 is 4.39 Å². The maximum absolute atomic E-state index is 13.9. The second kappa shape index (κ2) is 17.4. The maximum atomic E-state index is 13.9. The van der Waals surface area contributed by atoms with Crippen molar-refractivity contribution in [2.45, 2.75) is 80.1 Å². The highest BCUT2D eigenvalue weighted by molar-refractivity contribution is 8.03. The Hall–Kier alpha value is -2.00. The molecule has 1 nitrogen and oxygen atoms in total.